The van der Waals surface area contributed by atoms with E-state index >= 15 is 0 Å². The minimum absolute atomic E-state index is 0.0145. The van der Waals surface area contributed by atoms with E-state index in [1.165, 1.54) is 353 Å². The number of rotatable bonds is 71. The molecule has 0 heterocycles. The lowest BCUT2D eigenvalue weighted by atomic mass is 10.0. The van der Waals surface area contributed by atoms with Crippen molar-refractivity contribution >= 4 is 11.9 Å². The first kappa shape index (κ1) is 80.3. The van der Waals surface area contributed by atoms with Gasteiger partial charge in [-0.25, -0.2) is 0 Å². The number of aliphatic hydroxyl groups excluding tert-OH is 2. The van der Waals surface area contributed by atoms with Crippen molar-refractivity contribution in [3.8, 4) is 0 Å². The van der Waals surface area contributed by atoms with E-state index in [1.54, 1.807) is 6.08 Å². The molecule has 0 aromatic heterocycles. The summed E-state index contributed by atoms with van der Waals surface area (Å²) >= 11 is 0. The molecular weight excluding hydrogens is 1010 g/mol. The Morgan fingerprint density at radius 3 is 0.866 bits per heavy atom. The molecule has 0 aromatic rings. The minimum Gasteiger partial charge on any atom is -0.466 e. The smallest absolute Gasteiger partial charge is 0.305 e. The largest absolute Gasteiger partial charge is 0.466 e. The molecule has 2 atom stereocenters. The molecule has 0 aromatic carbocycles. The maximum Gasteiger partial charge on any atom is 0.305 e. The summed E-state index contributed by atoms with van der Waals surface area (Å²) in [6.45, 7) is 4.95. The molecule has 6 nitrogen and oxygen atoms in total. The molecule has 2 unspecified atom stereocenters. The number of unbranched alkanes of at least 4 members (excludes halogenated alkanes) is 58. The molecule has 0 aliphatic heterocycles. The lowest BCUT2D eigenvalue weighted by Crippen LogP contribution is -2.45. The van der Waals surface area contributed by atoms with Crippen molar-refractivity contribution in [2.24, 2.45) is 0 Å². The van der Waals surface area contributed by atoms with Gasteiger partial charge in [0.15, 0.2) is 0 Å². The Labute approximate surface area is 513 Å². The fourth-order valence-electron chi connectivity index (χ4n) is 12.0. The van der Waals surface area contributed by atoms with Crippen LogP contribution in [0.25, 0.3) is 0 Å². The van der Waals surface area contributed by atoms with Gasteiger partial charge in [-0.05, 0) is 57.8 Å². The highest BCUT2D eigenvalue weighted by Crippen LogP contribution is 2.19. The molecule has 0 fully saturated rings. The van der Waals surface area contributed by atoms with Gasteiger partial charge in [-0.3, -0.25) is 9.59 Å². The molecule has 3 N–H and O–H groups in total. The zero-order valence-corrected chi connectivity index (χ0v) is 55.8. The average Bonchev–Trinajstić information content (AvgIpc) is 3.48. The number of aliphatic hydroxyl groups is 2. The van der Waals surface area contributed by atoms with E-state index < -0.39 is 12.1 Å². The van der Waals surface area contributed by atoms with E-state index in [4.69, 9.17) is 4.74 Å². The molecule has 1 amide bonds. The molecule has 82 heavy (non-hydrogen) atoms. The topological polar surface area (TPSA) is 95.9 Å². The third-order valence-electron chi connectivity index (χ3n) is 17.7. The van der Waals surface area contributed by atoms with Crippen LogP contribution < -0.4 is 5.32 Å². The predicted octanol–water partition coefficient (Wildman–Crippen LogP) is 24.5. The van der Waals surface area contributed by atoms with Gasteiger partial charge in [-0.1, -0.05) is 378 Å². The fourth-order valence-corrected chi connectivity index (χ4v) is 12.0. The van der Waals surface area contributed by atoms with Crippen LogP contribution in [0.2, 0.25) is 0 Å². The molecule has 0 bridgehead atoms. The second-order valence-electron chi connectivity index (χ2n) is 26.0. The molecule has 0 rings (SSSR count). The van der Waals surface area contributed by atoms with Crippen LogP contribution in [0.15, 0.2) is 24.3 Å². The number of ether oxygens (including phenoxy) is 1. The van der Waals surface area contributed by atoms with Crippen LogP contribution in [0.1, 0.15) is 425 Å². The van der Waals surface area contributed by atoms with Gasteiger partial charge in [-0.2, -0.15) is 0 Å². The minimum atomic E-state index is -0.844. The monoisotopic (exact) mass is 1150 g/mol. The summed E-state index contributed by atoms with van der Waals surface area (Å²) < 4.78 is 5.51. The predicted molar refractivity (Wildman–Crippen MR) is 361 cm³/mol. The quantitative estimate of drug-likeness (QED) is 0.0320. The number of hydrogen-bond donors (Lipinski definition) is 3. The summed E-state index contributed by atoms with van der Waals surface area (Å²) in [5.74, 6) is -0.0465. The van der Waals surface area contributed by atoms with Crippen molar-refractivity contribution in [2.75, 3.05) is 13.2 Å². The number of carbonyl (C=O) groups is 2. The third kappa shape index (κ3) is 67.5. The number of nitrogens with one attached hydrogen (secondary N) is 1. The summed E-state index contributed by atoms with van der Waals surface area (Å²) in [5, 5.41) is 23.3. The van der Waals surface area contributed by atoms with E-state index in [-0.39, 0.29) is 18.5 Å². The molecule has 0 saturated heterocycles. The van der Waals surface area contributed by atoms with Crippen molar-refractivity contribution in [1.29, 1.82) is 0 Å². The Morgan fingerprint density at radius 2 is 0.573 bits per heavy atom. The number of hydrogen-bond acceptors (Lipinski definition) is 5. The fraction of sp³-hybridized carbons (Fsp3) is 0.921. The first-order chi connectivity index (χ1) is 40.5. The van der Waals surface area contributed by atoms with Gasteiger partial charge in [0.25, 0.3) is 0 Å². The number of amides is 1. The maximum atomic E-state index is 12.5. The molecule has 0 saturated carbocycles. The first-order valence-corrected chi connectivity index (χ1v) is 37.6. The van der Waals surface area contributed by atoms with Gasteiger partial charge in [0.1, 0.15) is 0 Å². The summed E-state index contributed by atoms with van der Waals surface area (Å²) in [4.78, 5) is 24.6. The van der Waals surface area contributed by atoms with Crippen molar-refractivity contribution in [2.45, 2.75) is 437 Å². The van der Waals surface area contributed by atoms with Gasteiger partial charge in [0.05, 0.1) is 25.4 Å². The summed E-state index contributed by atoms with van der Waals surface area (Å²) in [7, 11) is 0. The second kappa shape index (κ2) is 71.8. The van der Waals surface area contributed by atoms with Crippen LogP contribution in [0.5, 0.6) is 0 Å². The third-order valence-corrected chi connectivity index (χ3v) is 17.7. The molecule has 0 aliphatic rings. The number of allylic oxidation sites excluding steroid dienone is 3. The van der Waals surface area contributed by atoms with Crippen LogP contribution >= 0.6 is 0 Å². The molecule has 0 aliphatic carbocycles. The van der Waals surface area contributed by atoms with Crippen molar-refractivity contribution in [1.82, 2.24) is 5.32 Å². The van der Waals surface area contributed by atoms with E-state index in [2.05, 4.69) is 31.3 Å². The summed E-state index contributed by atoms with van der Waals surface area (Å²) in [6, 6.07) is -0.627. The molecule has 0 radical (unpaired) electrons. The highest BCUT2D eigenvalue weighted by atomic mass is 16.5. The summed E-state index contributed by atoms with van der Waals surface area (Å²) in [5.41, 5.74) is 0. The molecular formula is C76H147NO5. The van der Waals surface area contributed by atoms with Crippen LogP contribution in [0.3, 0.4) is 0 Å². The second-order valence-corrected chi connectivity index (χ2v) is 26.0. The Kier molecular flexibility index (Phi) is 70.4. The van der Waals surface area contributed by atoms with Crippen molar-refractivity contribution in [3.05, 3.63) is 24.3 Å². The normalized spacial score (nSPS) is 12.6. The SMILES string of the molecule is CCCCCCCC/C=C\CCCCCCCCCC(=O)OCCCCCCCCCCCCCCCCCCCCCCCCCCCCC(=O)NC(CO)C(O)/C=C/CCCCCCCCCCCCCCCCCCCCCC. The van der Waals surface area contributed by atoms with Gasteiger partial charge >= 0.3 is 5.97 Å². The van der Waals surface area contributed by atoms with Gasteiger partial charge in [0.2, 0.25) is 5.91 Å². The summed E-state index contributed by atoms with van der Waals surface area (Å²) in [6.07, 6.45) is 91.3. The van der Waals surface area contributed by atoms with Crippen LogP contribution in [0, 0.1) is 0 Å². The van der Waals surface area contributed by atoms with Crippen molar-refractivity contribution < 1.29 is 24.5 Å². The van der Waals surface area contributed by atoms with E-state index in [9.17, 15) is 19.8 Å². The number of esters is 1. The zero-order valence-electron chi connectivity index (χ0n) is 55.8. The lowest BCUT2D eigenvalue weighted by Gasteiger charge is -2.20. The van der Waals surface area contributed by atoms with E-state index in [0.29, 0.717) is 19.4 Å². The van der Waals surface area contributed by atoms with Crippen LogP contribution in [-0.4, -0.2) is 47.4 Å². The first-order valence-electron chi connectivity index (χ1n) is 37.6. The molecule has 0 spiro atoms. The van der Waals surface area contributed by atoms with Crippen molar-refractivity contribution in [3.63, 3.8) is 0 Å². The van der Waals surface area contributed by atoms with E-state index in [0.717, 1.165) is 44.9 Å². The standard InChI is InChI=1S/C76H147NO5/c1-3-5-7-9-11-13-15-17-19-21-22-23-30-33-37-40-44-48-52-56-60-64-68-74(79)73(72-78)77-75(80)69-65-61-57-53-49-45-41-38-34-31-28-26-24-25-27-29-32-35-39-43-47-51-55-59-63-67-71-82-76(81)70-66-62-58-54-50-46-42-36-20-18-16-14-12-10-8-6-4-2/h18,20,64,68,73-74,78-79H,3-17,19,21-63,65-67,69-72H2,1-2H3,(H,77,80)/b20-18-,68-64+. The lowest BCUT2D eigenvalue weighted by molar-refractivity contribution is -0.143. The highest BCUT2D eigenvalue weighted by Gasteiger charge is 2.18. The van der Waals surface area contributed by atoms with Crippen LogP contribution in [0.4, 0.5) is 0 Å². The Balaban J connectivity index is 3.37. The Bertz CT molecular complexity index is 1280. The Hall–Kier alpha value is -1.66. The molecule has 6 heteroatoms. The number of carbonyl (C=O) groups excluding carboxylic acids is 2. The average molecular weight is 1160 g/mol. The van der Waals surface area contributed by atoms with Crippen LogP contribution in [-0.2, 0) is 14.3 Å². The highest BCUT2D eigenvalue weighted by molar-refractivity contribution is 5.76. The molecule has 486 valence electrons. The van der Waals surface area contributed by atoms with E-state index in [1.807, 2.05) is 6.08 Å². The Morgan fingerprint density at radius 1 is 0.329 bits per heavy atom. The maximum absolute atomic E-state index is 12.5. The van der Waals surface area contributed by atoms with Gasteiger partial charge in [0, 0.05) is 12.8 Å². The van der Waals surface area contributed by atoms with Gasteiger partial charge in [-0.15, -0.1) is 0 Å². The van der Waals surface area contributed by atoms with Gasteiger partial charge < -0.3 is 20.3 Å². The zero-order chi connectivity index (χ0) is 59.2.